The van der Waals surface area contributed by atoms with Gasteiger partial charge in [0.25, 0.3) is 0 Å². The van der Waals surface area contributed by atoms with Crippen molar-refractivity contribution >= 4 is 22.7 Å². The molecule has 2 aromatic rings. The molecule has 0 aliphatic carbocycles. The van der Waals surface area contributed by atoms with Gasteiger partial charge in [0, 0.05) is 22.2 Å². The van der Waals surface area contributed by atoms with Crippen LogP contribution < -0.4 is 5.32 Å². The molecule has 2 heterocycles. The molecule has 0 amide bonds. The first kappa shape index (κ1) is 11.8. The highest BCUT2D eigenvalue weighted by molar-refractivity contribution is 7.10. The minimum absolute atomic E-state index is 0.413. The van der Waals surface area contributed by atoms with Crippen LogP contribution in [0.3, 0.4) is 0 Å². The molecule has 86 valence electrons. The van der Waals surface area contributed by atoms with Crippen LogP contribution in [0, 0.1) is 6.92 Å². The van der Waals surface area contributed by atoms with Crippen molar-refractivity contribution in [1.29, 1.82) is 0 Å². The minimum Gasteiger partial charge on any atom is -0.309 e. The average Bonchev–Trinajstić information content (AvgIpc) is 2.88. The molecule has 2 rings (SSSR count). The van der Waals surface area contributed by atoms with Gasteiger partial charge in [-0.15, -0.1) is 22.7 Å². The van der Waals surface area contributed by atoms with Crippen molar-refractivity contribution in [3.63, 3.8) is 0 Å². The van der Waals surface area contributed by atoms with E-state index < -0.39 is 0 Å². The molecule has 0 radical (unpaired) electrons. The number of hydrogen-bond donors (Lipinski definition) is 1. The van der Waals surface area contributed by atoms with Gasteiger partial charge in [0.2, 0.25) is 0 Å². The fourth-order valence-electron chi connectivity index (χ4n) is 1.78. The molecule has 1 N–H and O–H groups in total. The van der Waals surface area contributed by atoms with Crippen LogP contribution in [0.5, 0.6) is 0 Å². The van der Waals surface area contributed by atoms with E-state index in [2.05, 4.69) is 41.7 Å². The molecule has 2 nitrogen and oxygen atoms in total. The molecule has 1 atom stereocenters. The van der Waals surface area contributed by atoms with Crippen LogP contribution in [0.15, 0.2) is 23.0 Å². The van der Waals surface area contributed by atoms with E-state index in [9.17, 15) is 0 Å². The van der Waals surface area contributed by atoms with Crippen LogP contribution >= 0.6 is 22.7 Å². The van der Waals surface area contributed by atoms with Gasteiger partial charge in [-0.2, -0.15) is 0 Å². The Morgan fingerprint density at radius 3 is 2.88 bits per heavy atom. The Bertz CT molecular complexity index is 420. The van der Waals surface area contributed by atoms with Gasteiger partial charge in [0.15, 0.2) is 0 Å². The van der Waals surface area contributed by atoms with Crippen LogP contribution in [-0.2, 0) is 6.42 Å². The van der Waals surface area contributed by atoms with Gasteiger partial charge >= 0.3 is 0 Å². The zero-order valence-electron chi connectivity index (χ0n) is 9.56. The third-order valence-electron chi connectivity index (χ3n) is 2.54. The van der Waals surface area contributed by atoms with Gasteiger partial charge in [-0.05, 0) is 24.9 Å². The van der Waals surface area contributed by atoms with Crippen LogP contribution in [0.2, 0.25) is 0 Å². The van der Waals surface area contributed by atoms with Gasteiger partial charge in [0.1, 0.15) is 0 Å². The van der Waals surface area contributed by atoms with Crippen molar-refractivity contribution in [2.75, 3.05) is 6.54 Å². The molecule has 0 aliphatic heterocycles. The molecule has 0 spiro atoms. The summed E-state index contributed by atoms with van der Waals surface area (Å²) in [7, 11) is 0. The standard InChI is InChI=1S/C12H16N2S2/c1-3-13-11(7-10-5-4-6-15-10)12-9(2)14-8-16-12/h4-6,8,11,13H,3,7H2,1-2H3. The summed E-state index contributed by atoms with van der Waals surface area (Å²) < 4.78 is 0. The van der Waals surface area contributed by atoms with Crippen molar-refractivity contribution in [3.05, 3.63) is 38.5 Å². The molecule has 16 heavy (non-hydrogen) atoms. The number of aromatic nitrogens is 1. The zero-order chi connectivity index (χ0) is 11.4. The Hall–Kier alpha value is -0.710. The highest BCUT2D eigenvalue weighted by Crippen LogP contribution is 2.26. The van der Waals surface area contributed by atoms with E-state index in [1.165, 1.54) is 9.75 Å². The molecule has 0 saturated carbocycles. The van der Waals surface area contributed by atoms with Crippen LogP contribution in [0.1, 0.15) is 28.4 Å². The zero-order valence-corrected chi connectivity index (χ0v) is 11.2. The quantitative estimate of drug-likeness (QED) is 0.882. The summed E-state index contributed by atoms with van der Waals surface area (Å²) in [6.07, 6.45) is 1.06. The van der Waals surface area contributed by atoms with Crippen molar-refractivity contribution in [3.8, 4) is 0 Å². The van der Waals surface area contributed by atoms with E-state index in [-0.39, 0.29) is 0 Å². The summed E-state index contributed by atoms with van der Waals surface area (Å²) in [5.74, 6) is 0. The monoisotopic (exact) mass is 252 g/mol. The normalized spacial score (nSPS) is 12.9. The van der Waals surface area contributed by atoms with Crippen LogP contribution in [0.25, 0.3) is 0 Å². The second-order valence-electron chi connectivity index (χ2n) is 3.70. The summed E-state index contributed by atoms with van der Waals surface area (Å²) in [6, 6.07) is 4.73. The predicted molar refractivity (Wildman–Crippen MR) is 71.3 cm³/mol. The average molecular weight is 252 g/mol. The lowest BCUT2D eigenvalue weighted by Gasteiger charge is -2.16. The number of nitrogens with one attached hydrogen (secondary N) is 1. The molecule has 0 aromatic carbocycles. The lowest BCUT2D eigenvalue weighted by atomic mass is 10.1. The van der Waals surface area contributed by atoms with E-state index in [1.54, 1.807) is 11.3 Å². The van der Waals surface area contributed by atoms with E-state index in [4.69, 9.17) is 0 Å². The molecule has 4 heteroatoms. The summed E-state index contributed by atoms with van der Waals surface area (Å²) in [6.45, 7) is 5.23. The number of nitrogens with zero attached hydrogens (tertiary/aromatic N) is 1. The number of likely N-dealkylation sites (N-methyl/N-ethyl adjacent to an activating group) is 1. The minimum atomic E-state index is 0.413. The fraction of sp³-hybridized carbons (Fsp3) is 0.417. The van der Waals surface area contributed by atoms with E-state index >= 15 is 0 Å². The molecule has 0 fully saturated rings. The second kappa shape index (κ2) is 5.57. The largest absolute Gasteiger partial charge is 0.309 e. The predicted octanol–water partition coefficient (Wildman–Crippen LogP) is 3.41. The first-order chi connectivity index (χ1) is 7.81. The van der Waals surface area contributed by atoms with Gasteiger partial charge in [-0.3, -0.25) is 0 Å². The second-order valence-corrected chi connectivity index (χ2v) is 5.61. The molecule has 0 aliphatic rings. The highest BCUT2D eigenvalue weighted by atomic mass is 32.1. The summed E-state index contributed by atoms with van der Waals surface area (Å²) in [5.41, 5.74) is 3.09. The maximum atomic E-state index is 4.33. The van der Waals surface area contributed by atoms with Crippen LogP contribution in [0.4, 0.5) is 0 Å². The van der Waals surface area contributed by atoms with Gasteiger partial charge in [0.05, 0.1) is 11.2 Å². The number of hydrogen-bond acceptors (Lipinski definition) is 4. The Morgan fingerprint density at radius 1 is 1.44 bits per heavy atom. The van der Waals surface area contributed by atoms with Crippen molar-refractivity contribution in [1.82, 2.24) is 10.3 Å². The number of thiophene rings is 1. The number of thiazole rings is 1. The summed E-state index contributed by atoms with van der Waals surface area (Å²) in [5, 5.41) is 5.68. The summed E-state index contributed by atoms with van der Waals surface area (Å²) in [4.78, 5) is 7.13. The maximum absolute atomic E-state index is 4.33. The molecule has 0 saturated heterocycles. The van der Waals surface area contributed by atoms with Crippen molar-refractivity contribution < 1.29 is 0 Å². The van der Waals surface area contributed by atoms with E-state index in [0.717, 1.165) is 18.7 Å². The number of aryl methyl sites for hydroxylation is 1. The summed E-state index contributed by atoms with van der Waals surface area (Å²) >= 11 is 3.57. The lowest BCUT2D eigenvalue weighted by Crippen LogP contribution is -2.22. The third kappa shape index (κ3) is 2.70. The molecule has 2 aromatic heterocycles. The fourth-order valence-corrected chi connectivity index (χ4v) is 3.41. The number of rotatable bonds is 5. The van der Waals surface area contributed by atoms with Crippen LogP contribution in [-0.4, -0.2) is 11.5 Å². The SMILES string of the molecule is CCNC(Cc1cccs1)c1scnc1C. The topological polar surface area (TPSA) is 24.9 Å². The van der Waals surface area contributed by atoms with Crippen molar-refractivity contribution in [2.45, 2.75) is 26.3 Å². The van der Waals surface area contributed by atoms with Crippen molar-refractivity contribution in [2.24, 2.45) is 0 Å². The Labute approximate surface area is 104 Å². The smallest absolute Gasteiger partial charge is 0.0798 e. The van der Waals surface area contributed by atoms with E-state index in [0.29, 0.717) is 6.04 Å². The first-order valence-electron chi connectivity index (χ1n) is 5.47. The maximum Gasteiger partial charge on any atom is 0.0798 e. The molecule has 0 bridgehead atoms. The Kier molecular flexibility index (Phi) is 4.09. The van der Waals surface area contributed by atoms with Gasteiger partial charge < -0.3 is 5.32 Å². The van der Waals surface area contributed by atoms with Gasteiger partial charge in [-0.25, -0.2) is 4.98 Å². The Morgan fingerprint density at radius 2 is 2.31 bits per heavy atom. The lowest BCUT2D eigenvalue weighted by molar-refractivity contribution is 0.558. The van der Waals surface area contributed by atoms with Gasteiger partial charge in [-0.1, -0.05) is 13.0 Å². The molecule has 1 unspecified atom stereocenters. The Balaban J connectivity index is 2.14. The van der Waals surface area contributed by atoms with E-state index in [1.807, 2.05) is 16.8 Å². The molecular formula is C12H16N2S2. The third-order valence-corrected chi connectivity index (χ3v) is 4.48. The first-order valence-corrected chi connectivity index (χ1v) is 7.23. The highest BCUT2D eigenvalue weighted by Gasteiger charge is 2.15. The molecular weight excluding hydrogens is 236 g/mol.